The van der Waals surface area contributed by atoms with Crippen LogP contribution >= 0.6 is 46.6 Å². The van der Waals surface area contributed by atoms with Crippen LogP contribution in [0.5, 0.6) is 11.5 Å². The Balaban J connectivity index is 1.50. The summed E-state index contributed by atoms with van der Waals surface area (Å²) in [4.78, 5) is 20.5. The molecule has 0 saturated carbocycles. The van der Waals surface area contributed by atoms with Gasteiger partial charge in [0, 0.05) is 10.0 Å². The third kappa shape index (κ3) is 6.60. The molecular weight excluding hydrogens is 618 g/mol. The van der Waals surface area contributed by atoms with Crippen LogP contribution in [0.1, 0.15) is 22.3 Å². The van der Waals surface area contributed by atoms with Gasteiger partial charge in [0.05, 0.1) is 28.4 Å². The first-order chi connectivity index (χ1) is 20.1. The van der Waals surface area contributed by atoms with E-state index in [9.17, 15) is 9.18 Å². The van der Waals surface area contributed by atoms with Crippen molar-refractivity contribution >= 4 is 75.1 Å². The zero-order valence-electron chi connectivity index (χ0n) is 22.8. The van der Waals surface area contributed by atoms with E-state index in [1.54, 1.807) is 42.5 Å². The van der Waals surface area contributed by atoms with E-state index in [1.165, 1.54) is 35.9 Å². The number of thioether (sulfide) groups is 1. The molecule has 1 heterocycles. The summed E-state index contributed by atoms with van der Waals surface area (Å²) in [6.45, 7) is 3.90. The van der Waals surface area contributed by atoms with Crippen LogP contribution in [0.4, 0.5) is 15.8 Å². The number of amides is 1. The maximum atomic E-state index is 13.8. The van der Waals surface area contributed by atoms with Gasteiger partial charge in [0.2, 0.25) is 0 Å². The molecule has 0 atom stereocenters. The highest BCUT2D eigenvalue weighted by Gasteiger charge is 2.35. The van der Waals surface area contributed by atoms with Gasteiger partial charge in [-0.1, -0.05) is 59.1 Å². The normalized spacial score (nSPS) is 15.1. The van der Waals surface area contributed by atoms with Crippen LogP contribution in [0.25, 0.3) is 6.08 Å². The average Bonchev–Trinajstić information content (AvgIpc) is 3.25. The number of amidine groups is 1. The number of ether oxygens (including phenoxy) is 2. The standard InChI is InChI=1S/C32H24Cl3FN2O3S/c1-18-7-9-23(15-25(18)33)37-32-38(24-10-8-19(2)26(34)16-24)31(39)29(42-32)14-21-12-27(35)30(28(13-21)40-3)41-17-20-5-4-6-22(36)11-20/h4-16H,17H2,1-3H3/b29-14+,37-32?. The SMILES string of the molecule is COc1cc(/C=C2/SC(=Nc3ccc(C)c(Cl)c3)N(c3ccc(C)c(Cl)c3)C2=O)cc(Cl)c1OCc1cccc(F)c1. The van der Waals surface area contributed by atoms with Gasteiger partial charge in [0.15, 0.2) is 16.7 Å². The van der Waals surface area contributed by atoms with E-state index in [0.29, 0.717) is 54.1 Å². The summed E-state index contributed by atoms with van der Waals surface area (Å²) in [7, 11) is 1.49. The smallest absolute Gasteiger partial charge is 0.271 e. The Hall–Kier alpha value is -3.49. The molecule has 10 heteroatoms. The second kappa shape index (κ2) is 12.8. The summed E-state index contributed by atoms with van der Waals surface area (Å²) >= 11 is 20.6. The molecule has 214 valence electrons. The van der Waals surface area contributed by atoms with Crippen LogP contribution in [0.2, 0.25) is 15.1 Å². The van der Waals surface area contributed by atoms with Crippen molar-refractivity contribution < 1.29 is 18.7 Å². The number of hydrogen-bond acceptors (Lipinski definition) is 5. The van der Waals surface area contributed by atoms with Gasteiger partial charge in [-0.15, -0.1) is 0 Å². The number of rotatable bonds is 7. The fourth-order valence-corrected chi connectivity index (χ4v) is 5.78. The molecule has 1 aliphatic rings. The topological polar surface area (TPSA) is 51.1 Å². The van der Waals surface area contributed by atoms with Crippen molar-refractivity contribution in [1.29, 1.82) is 0 Å². The van der Waals surface area contributed by atoms with Gasteiger partial charge in [0.1, 0.15) is 12.4 Å². The maximum Gasteiger partial charge on any atom is 0.271 e. The molecule has 4 aromatic rings. The lowest BCUT2D eigenvalue weighted by Crippen LogP contribution is -2.28. The van der Waals surface area contributed by atoms with Gasteiger partial charge >= 0.3 is 0 Å². The molecule has 1 saturated heterocycles. The first-order valence-corrected chi connectivity index (χ1v) is 14.7. The third-order valence-corrected chi connectivity index (χ3v) is 8.49. The van der Waals surface area contributed by atoms with Crippen LogP contribution < -0.4 is 14.4 Å². The Morgan fingerprint density at radius 3 is 2.36 bits per heavy atom. The highest BCUT2D eigenvalue weighted by Crippen LogP contribution is 2.41. The fourth-order valence-electron chi connectivity index (χ4n) is 4.16. The van der Waals surface area contributed by atoms with Crippen molar-refractivity contribution in [3.8, 4) is 11.5 Å². The van der Waals surface area contributed by atoms with Gasteiger partial charge in [-0.05, 0) is 102 Å². The fraction of sp³-hybridized carbons (Fsp3) is 0.125. The molecule has 0 spiro atoms. The Morgan fingerprint density at radius 1 is 0.929 bits per heavy atom. The second-order valence-corrected chi connectivity index (χ2v) is 11.7. The number of methoxy groups -OCH3 is 1. The minimum atomic E-state index is -0.356. The van der Waals surface area contributed by atoms with Crippen molar-refractivity contribution in [1.82, 2.24) is 0 Å². The number of anilines is 1. The predicted octanol–water partition coefficient (Wildman–Crippen LogP) is 9.80. The zero-order chi connectivity index (χ0) is 30.0. The minimum Gasteiger partial charge on any atom is -0.493 e. The van der Waals surface area contributed by atoms with E-state index in [1.807, 2.05) is 38.1 Å². The number of benzene rings is 4. The van der Waals surface area contributed by atoms with Gasteiger partial charge in [-0.25, -0.2) is 9.38 Å². The van der Waals surface area contributed by atoms with E-state index in [0.717, 1.165) is 11.1 Å². The quantitative estimate of drug-likeness (QED) is 0.189. The molecule has 0 radical (unpaired) electrons. The van der Waals surface area contributed by atoms with Gasteiger partial charge in [0.25, 0.3) is 5.91 Å². The molecular formula is C32H24Cl3FN2O3S. The Bertz CT molecular complexity index is 1760. The van der Waals surface area contributed by atoms with Crippen molar-refractivity contribution in [3.63, 3.8) is 0 Å². The number of aryl methyl sites for hydroxylation is 2. The Morgan fingerprint density at radius 2 is 1.67 bits per heavy atom. The summed E-state index contributed by atoms with van der Waals surface area (Å²) in [6, 6.07) is 20.4. The summed E-state index contributed by atoms with van der Waals surface area (Å²) in [5, 5.41) is 1.83. The van der Waals surface area contributed by atoms with Gasteiger partial charge in [-0.2, -0.15) is 0 Å². The number of carbonyl (C=O) groups is 1. The molecule has 5 rings (SSSR count). The Labute approximate surface area is 262 Å². The number of halogens is 4. The van der Waals surface area contributed by atoms with Crippen molar-refractivity contribution in [3.05, 3.63) is 121 Å². The van der Waals surface area contributed by atoms with Crippen LogP contribution in [-0.4, -0.2) is 18.2 Å². The first kappa shape index (κ1) is 30.0. The highest BCUT2D eigenvalue weighted by atomic mass is 35.5. The molecule has 0 unspecified atom stereocenters. The monoisotopic (exact) mass is 640 g/mol. The molecule has 42 heavy (non-hydrogen) atoms. The lowest BCUT2D eigenvalue weighted by molar-refractivity contribution is -0.113. The number of nitrogens with zero attached hydrogens (tertiary/aromatic N) is 2. The lowest BCUT2D eigenvalue weighted by Gasteiger charge is -2.17. The summed E-state index contributed by atoms with van der Waals surface area (Å²) in [6.07, 6.45) is 1.71. The second-order valence-electron chi connectivity index (χ2n) is 9.47. The van der Waals surface area contributed by atoms with Crippen LogP contribution in [0.3, 0.4) is 0 Å². The molecule has 5 nitrogen and oxygen atoms in total. The Kier molecular flexibility index (Phi) is 9.13. The van der Waals surface area contributed by atoms with Crippen molar-refractivity contribution in [2.24, 2.45) is 4.99 Å². The van der Waals surface area contributed by atoms with E-state index >= 15 is 0 Å². The zero-order valence-corrected chi connectivity index (χ0v) is 25.8. The van der Waals surface area contributed by atoms with Gasteiger partial charge < -0.3 is 9.47 Å². The summed E-state index contributed by atoms with van der Waals surface area (Å²) in [5.74, 6) is 0.0422. The molecule has 1 fully saturated rings. The summed E-state index contributed by atoms with van der Waals surface area (Å²) in [5.41, 5.74) is 4.26. The van der Waals surface area contributed by atoms with E-state index in [2.05, 4.69) is 0 Å². The molecule has 0 aromatic heterocycles. The predicted molar refractivity (Wildman–Crippen MR) is 171 cm³/mol. The first-order valence-electron chi connectivity index (χ1n) is 12.7. The van der Waals surface area contributed by atoms with Crippen LogP contribution in [0, 0.1) is 19.7 Å². The lowest BCUT2D eigenvalue weighted by atomic mass is 10.1. The van der Waals surface area contributed by atoms with E-state index in [4.69, 9.17) is 49.3 Å². The molecule has 0 N–H and O–H groups in total. The number of carbonyl (C=O) groups excluding carboxylic acids is 1. The van der Waals surface area contributed by atoms with Crippen LogP contribution in [-0.2, 0) is 11.4 Å². The number of hydrogen-bond donors (Lipinski definition) is 0. The largest absolute Gasteiger partial charge is 0.493 e. The van der Waals surface area contributed by atoms with E-state index < -0.39 is 0 Å². The van der Waals surface area contributed by atoms with Crippen LogP contribution in [0.15, 0.2) is 82.7 Å². The minimum absolute atomic E-state index is 0.0968. The van der Waals surface area contributed by atoms with Gasteiger partial charge in [-0.3, -0.25) is 9.69 Å². The molecule has 4 aromatic carbocycles. The van der Waals surface area contributed by atoms with Crippen molar-refractivity contribution in [2.45, 2.75) is 20.5 Å². The maximum absolute atomic E-state index is 13.8. The highest BCUT2D eigenvalue weighted by molar-refractivity contribution is 8.19. The third-order valence-electron chi connectivity index (χ3n) is 6.42. The molecule has 0 aliphatic carbocycles. The van der Waals surface area contributed by atoms with Crippen molar-refractivity contribution in [2.75, 3.05) is 12.0 Å². The average molecular weight is 642 g/mol. The summed E-state index contributed by atoms with van der Waals surface area (Å²) < 4.78 is 25.0. The molecule has 1 amide bonds. The molecule has 1 aliphatic heterocycles. The molecule has 0 bridgehead atoms. The number of aliphatic imine (C=N–C) groups is 1. The van der Waals surface area contributed by atoms with E-state index in [-0.39, 0.29) is 23.4 Å².